The van der Waals surface area contributed by atoms with Gasteiger partial charge in [0.2, 0.25) is 0 Å². The molecule has 1 aliphatic rings. The summed E-state index contributed by atoms with van der Waals surface area (Å²) in [7, 11) is 0. The van der Waals surface area contributed by atoms with Crippen molar-refractivity contribution in [3.63, 3.8) is 0 Å². The lowest BCUT2D eigenvalue weighted by Gasteiger charge is -2.27. The Morgan fingerprint density at radius 2 is 2.05 bits per heavy atom. The van der Waals surface area contributed by atoms with Crippen molar-refractivity contribution in [2.24, 2.45) is 0 Å². The van der Waals surface area contributed by atoms with Crippen LogP contribution in [-0.4, -0.2) is 15.8 Å². The van der Waals surface area contributed by atoms with Gasteiger partial charge in [-0.1, -0.05) is 30.3 Å². The Kier molecular flexibility index (Phi) is 3.81. The molecule has 1 aliphatic carbocycles. The van der Waals surface area contributed by atoms with E-state index in [-0.39, 0.29) is 5.56 Å². The van der Waals surface area contributed by atoms with Crippen molar-refractivity contribution >= 4 is 5.69 Å². The Labute approximate surface area is 118 Å². The van der Waals surface area contributed by atoms with E-state index in [9.17, 15) is 4.79 Å². The third kappa shape index (κ3) is 3.07. The third-order valence-electron chi connectivity index (χ3n) is 3.80. The second-order valence-corrected chi connectivity index (χ2v) is 5.31. The van der Waals surface area contributed by atoms with Gasteiger partial charge in [-0.15, -0.1) is 0 Å². The van der Waals surface area contributed by atoms with Crippen molar-refractivity contribution in [3.05, 3.63) is 58.5 Å². The van der Waals surface area contributed by atoms with Crippen molar-refractivity contribution in [1.29, 1.82) is 0 Å². The summed E-state index contributed by atoms with van der Waals surface area (Å²) in [5.41, 5.74) is 2.03. The van der Waals surface area contributed by atoms with Crippen LogP contribution in [0.1, 0.15) is 24.8 Å². The van der Waals surface area contributed by atoms with Crippen LogP contribution in [0, 0.1) is 0 Å². The van der Waals surface area contributed by atoms with E-state index >= 15 is 0 Å². The molecule has 1 heterocycles. The molecule has 0 radical (unpaired) electrons. The Morgan fingerprint density at radius 1 is 1.25 bits per heavy atom. The number of benzene rings is 1. The lowest BCUT2D eigenvalue weighted by Crippen LogP contribution is -2.29. The normalized spacial score (nSPS) is 14.8. The summed E-state index contributed by atoms with van der Waals surface area (Å²) in [6, 6.07) is 12.3. The summed E-state index contributed by atoms with van der Waals surface area (Å²) in [6.45, 7) is 0.618. The predicted molar refractivity (Wildman–Crippen MR) is 79.9 cm³/mol. The van der Waals surface area contributed by atoms with Gasteiger partial charge in [0, 0.05) is 18.7 Å². The molecule has 4 nitrogen and oxygen atoms in total. The van der Waals surface area contributed by atoms with E-state index in [1.54, 1.807) is 12.3 Å². The van der Waals surface area contributed by atoms with E-state index in [0.29, 0.717) is 12.6 Å². The van der Waals surface area contributed by atoms with E-state index in [2.05, 4.69) is 22.5 Å². The van der Waals surface area contributed by atoms with E-state index in [0.717, 1.165) is 12.1 Å². The lowest BCUT2D eigenvalue weighted by molar-refractivity contribution is 0.445. The van der Waals surface area contributed by atoms with Gasteiger partial charge in [0.15, 0.2) is 0 Å². The van der Waals surface area contributed by atoms with Crippen molar-refractivity contribution in [3.8, 4) is 0 Å². The first kappa shape index (κ1) is 12.9. The van der Waals surface area contributed by atoms with Crippen LogP contribution in [0.5, 0.6) is 0 Å². The molecule has 3 rings (SSSR count). The number of hydrogen-bond donors (Lipinski definition) is 1. The van der Waals surface area contributed by atoms with Crippen molar-refractivity contribution in [2.75, 3.05) is 5.32 Å². The molecule has 1 saturated carbocycles. The van der Waals surface area contributed by atoms with Crippen LogP contribution < -0.4 is 10.9 Å². The fourth-order valence-corrected chi connectivity index (χ4v) is 2.35. The van der Waals surface area contributed by atoms with Crippen molar-refractivity contribution < 1.29 is 0 Å². The molecule has 104 valence electrons. The second kappa shape index (κ2) is 5.90. The topological polar surface area (TPSA) is 46.9 Å². The second-order valence-electron chi connectivity index (χ2n) is 5.31. The first-order valence-corrected chi connectivity index (χ1v) is 7.19. The summed E-state index contributed by atoms with van der Waals surface area (Å²) < 4.78 is 1.53. The number of aryl methyl sites for hydroxylation is 2. The highest BCUT2D eigenvalue weighted by atomic mass is 16.1. The monoisotopic (exact) mass is 269 g/mol. The van der Waals surface area contributed by atoms with Gasteiger partial charge in [0.05, 0.1) is 11.9 Å². The molecule has 20 heavy (non-hydrogen) atoms. The van der Waals surface area contributed by atoms with Crippen LogP contribution in [0.4, 0.5) is 5.69 Å². The SMILES string of the molecule is O=c1cc(NC2CCC2)cnn1CCc1ccccc1. The quantitative estimate of drug-likeness (QED) is 0.907. The van der Waals surface area contributed by atoms with Crippen LogP contribution in [0.15, 0.2) is 47.4 Å². The molecule has 2 aromatic rings. The predicted octanol–water partition coefficient (Wildman–Crippen LogP) is 2.45. The highest BCUT2D eigenvalue weighted by Gasteiger charge is 2.17. The highest BCUT2D eigenvalue weighted by Crippen LogP contribution is 2.21. The minimum atomic E-state index is -0.0368. The van der Waals surface area contributed by atoms with Gasteiger partial charge in [0.25, 0.3) is 5.56 Å². The molecule has 0 atom stereocenters. The Bertz CT molecular complexity index is 617. The van der Waals surface area contributed by atoms with Crippen LogP contribution in [-0.2, 0) is 13.0 Å². The number of nitrogens with one attached hydrogen (secondary N) is 1. The van der Waals surface area contributed by atoms with Gasteiger partial charge in [-0.2, -0.15) is 5.10 Å². The fourth-order valence-electron chi connectivity index (χ4n) is 2.35. The van der Waals surface area contributed by atoms with Crippen LogP contribution in [0.3, 0.4) is 0 Å². The van der Waals surface area contributed by atoms with Crippen LogP contribution in [0.25, 0.3) is 0 Å². The van der Waals surface area contributed by atoms with Crippen molar-refractivity contribution in [2.45, 2.75) is 38.3 Å². The van der Waals surface area contributed by atoms with E-state index in [1.165, 1.54) is 29.5 Å². The smallest absolute Gasteiger partial charge is 0.268 e. The van der Waals surface area contributed by atoms with Gasteiger partial charge in [0.1, 0.15) is 0 Å². The lowest BCUT2D eigenvalue weighted by atomic mass is 9.93. The number of hydrogen-bond acceptors (Lipinski definition) is 3. The minimum Gasteiger partial charge on any atom is -0.381 e. The Hall–Kier alpha value is -2.10. The summed E-state index contributed by atoms with van der Waals surface area (Å²) in [5.74, 6) is 0. The van der Waals surface area contributed by atoms with Gasteiger partial charge < -0.3 is 5.32 Å². The van der Waals surface area contributed by atoms with E-state index in [4.69, 9.17) is 0 Å². The average Bonchev–Trinajstić information content (AvgIpc) is 2.43. The fraction of sp³-hybridized carbons (Fsp3) is 0.375. The molecular weight excluding hydrogens is 250 g/mol. The summed E-state index contributed by atoms with van der Waals surface area (Å²) in [5, 5.41) is 7.59. The standard InChI is InChI=1S/C16H19N3O/c20-16-11-15(18-14-7-4-8-14)12-17-19(16)10-9-13-5-2-1-3-6-13/h1-3,5-6,11-12,14,18H,4,7-10H2. The molecular formula is C16H19N3O. The maximum absolute atomic E-state index is 12.0. The average molecular weight is 269 g/mol. The first-order valence-electron chi connectivity index (χ1n) is 7.19. The van der Waals surface area contributed by atoms with E-state index < -0.39 is 0 Å². The highest BCUT2D eigenvalue weighted by molar-refractivity contribution is 5.40. The number of aromatic nitrogens is 2. The van der Waals surface area contributed by atoms with E-state index in [1.807, 2.05) is 18.2 Å². The summed E-state index contributed by atoms with van der Waals surface area (Å²) in [4.78, 5) is 12.0. The molecule has 0 bridgehead atoms. The van der Waals surface area contributed by atoms with Gasteiger partial charge in [-0.25, -0.2) is 4.68 Å². The van der Waals surface area contributed by atoms with Crippen LogP contribution in [0.2, 0.25) is 0 Å². The molecule has 0 aliphatic heterocycles. The summed E-state index contributed by atoms with van der Waals surface area (Å²) in [6.07, 6.45) is 6.24. The Morgan fingerprint density at radius 3 is 2.70 bits per heavy atom. The maximum atomic E-state index is 12.0. The zero-order valence-corrected chi connectivity index (χ0v) is 11.5. The number of rotatable bonds is 5. The van der Waals surface area contributed by atoms with Gasteiger partial charge in [-0.05, 0) is 31.2 Å². The van der Waals surface area contributed by atoms with Crippen molar-refractivity contribution in [1.82, 2.24) is 9.78 Å². The molecule has 0 saturated heterocycles. The molecule has 1 aromatic heterocycles. The van der Waals surface area contributed by atoms with Crippen LogP contribution >= 0.6 is 0 Å². The third-order valence-corrected chi connectivity index (χ3v) is 3.80. The molecule has 1 N–H and O–H groups in total. The molecule has 4 heteroatoms. The number of anilines is 1. The molecule has 0 unspecified atom stereocenters. The maximum Gasteiger partial charge on any atom is 0.268 e. The molecule has 0 amide bonds. The molecule has 1 fully saturated rings. The zero-order chi connectivity index (χ0) is 13.8. The first-order chi connectivity index (χ1) is 9.81. The largest absolute Gasteiger partial charge is 0.381 e. The number of nitrogens with zero attached hydrogens (tertiary/aromatic N) is 2. The zero-order valence-electron chi connectivity index (χ0n) is 11.5. The molecule has 0 spiro atoms. The van der Waals surface area contributed by atoms with Gasteiger partial charge >= 0.3 is 0 Å². The summed E-state index contributed by atoms with van der Waals surface area (Å²) >= 11 is 0. The Balaban J connectivity index is 1.63. The molecule has 1 aromatic carbocycles. The minimum absolute atomic E-state index is 0.0368. The van der Waals surface area contributed by atoms with Gasteiger partial charge in [-0.3, -0.25) is 4.79 Å².